The number of nitrogens with zero attached hydrogens (tertiary/aromatic N) is 1. The summed E-state index contributed by atoms with van der Waals surface area (Å²) < 4.78 is 0. The van der Waals surface area contributed by atoms with Crippen LogP contribution < -0.4 is 5.73 Å². The molecule has 2 rings (SSSR count). The molecule has 68 valence electrons. The third-order valence-corrected chi connectivity index (χ3v) is 2.99. The van der Waals surface area contributed by atoms with Crippen LogP contribution in [0.4, 0.5) is 4.79 Å². The Morgan fingerprint density at radius 2 is 1.83 bits per heavy atom. The van der Waals surface area contributed by atoms with Gasteiger partial charge in [-0.15, -0.1) is 0 Å². The summed E-state index contributed by atoms with van der Waals surface area (Å²) in [5, 5.41) is 8.89. The standard InChI is InChI=1S/C8H14N2O2/c9-5-3-6-1-2-7(4-5)10(6)8(11)12/h5-7H,1-4,9H2,(H,11,12)/t5-,6-,7+. The van der Waals surface area contributed by atoms with Gasteiger partial charge in [0.05, 0.1) is 0 Å². The molecule has 0 aliphatic carbocycles. The van der Waals surface area contributed by atoms with Gasteiger partial charge in [0.2, 0.25) is 0 Å². The van der Waals surface area contributed by atoms with Crippen LogP contribution in [0.25, 0.3) is 0 Å². The summed E-state index contributed by atoms with van der Waals surface area (Å²) >= 11 is 0. The molecular weight excluding hydrogens is 156 g/mol. The summed E-state index contributed by atoms with van der Waals surface area (Å²) in [5.74, 6) is 0. The van der Waals surface area contributed by atoms with E-state index in [0.29, 0.717) is 0 Å². The molecule has 12 heavy (non-hydrogen) atoms. The molecule has 0 saturated carbocycles. The van der Waals surface area contributed by atoms with Gasteiger partial charge in [0.15, 0.2) is 0 Å². The van der Waals surface area contributed by atoms with Crippen LogP contribution in [0.3, 0.4) is 0 Å². The second kappa shape index (κ2) is 2.62. The highest BCUT2D eigenvalue weighted by atomic mass is 16.4. The SMILES string of the molecule is N[C@@H]1C[C@H]2CC[C@@H](C1)N2C(=O)O. The molecule has 2 aliphatic heterocycles. The fourth-order valence-corrected chi connectivity index (χ4v) is 2.53. The molecule has 0 unspecified atom stereocenters. The lowest BCUT2D eigenvalue weighted by molar-refractivity contribution is 0.0973. The highest BCUT2D eigenvalue weighted by Crippen LogP contribution is 2.34. The van der Waals surface area contributed by atoms with E-state index in [9.17, 15) is 4.79 Å². The molecule has 4 nitrogen and oxygen atoms in total. The zero-order chi connectivity index (χ0) is 8.72. The van der Waals surface area contributed by atoms with E-state index in [2.05, 4.69) is 0 Å². The quantitative estimate of drug-likeness (QED) is 0.560. The normalized spacial score (nSPS) is 40.1. The van der Waals surface area contributed by atoms with Crippen LogP contribution in [0.15, 0.2) is 0 Å². The maximum atomic E-state index is 10.8. The van der Waals surface area contributed by atoms with Crippen LogP contribution in [0.2, 0.25) is 0 Å². The zero-order valence-corrected chi connectivity index (χ0v) is 6.94. The number of carboxylic acid groups (broad SMARTS) is 1. The highest BCUT2D eigenvalue weighted by molar-refractivity contribution is 5.66. The Morgan fingerprint density at radius 1 is 1.33 bits per heavy atom. The topological polar surface area (TPSA) is 66.6 Å². The van der Waals surface area contributed by atoms with Crippen LogP contribution >= 0.6 is 0 Å². The van der Waals surface area contributed by atoms with Crippen molar-refractivity contribution in [2.45, 2.75) is 43.8 Å². The minimum absolute atomic E-state index is 0.205. The summed E-state index contributed by atoms with van der Waals surface area (Å²) in [6, 6.07) is 0.630. The van der Waals surface area contributed by atoms with Crippen LogP contribution in [-0.4, -0.2) is 34.2 Å². The van der Waals surface area contributed by atoms with Gasteiger partial charge in [0.1, 0.15) is 0 Å². The molecule has 2 saturated heterocycles. The molecule has 3 N–H and O–H groups in total. The molecule has 0 aromatic rings. The smallest absolute Gasteiger partial charge is 0.407 e. The van der Waals surface area contributed by atoms with Gasteiger partial charge in [0.25, 0.3) is 0 Å². The Morgan fingerprint density at radius 3 is 2.25 bits per heavy atom. The third-order valence-electron chi connectivity index (χ3n) is 2.99. The minimum Gasteiger partial charge on any atom is -0.465 e. The number of amides is 1. The molecular formula is C8H14N2O2. The lowest BCUT2D eigenvalue weighted by Gasteiger charge is -2.35. The molecule has 2 bridgehead atoms. The minimum atomic E-state index is -0.769. The predicted molar refractivity (Wildman–Crippen MR) is 43.9 cm³/mol. The summed E-state index contributed by atoms with van der Waals surface area (Å²) in [6.07, 6.45) is 2.94. The van der Waals surface area contributed by atoms with Gasteiger partial charge < -0.3 is 15.7 Å². The first kappa shape index (κ1) is 7.86. The summed E-state index contributed by atoms with van der Waals surface area (Å²) in [7, 11) is 0. The molecule has 4 heteroatoms. The van der Waals surface area contributed by atoms with Crippen molar-refractivity contribution in [3.8, 4) is 0 Å². The Bertz CT molecular complexity index is 193. The first-order chi connectivity index (χ1) is 5.68. The average Bonchev–Trinajstić information content (AvgIpc) is 2.24. The molecule has 0 aromatic carbocycles. The van der Waals surface area contributed by atoms with Crippen LogP contribution in [0.1, 0.15) is 25.7 Å². The molecule has 0 radical (unpaired) electrons. The van der Waals surface area contributed by atoms with Crippen molar-refractivity contribution in [2.24, 2.45) is 5.73 Å². The molecule has 2 fully saturated rings. The first-order valence-electron chi connectivity index (χ1n) is 4.45. The van der Waals surface area contributed by atoms with Crippen molar-refractivity contribution >= 4 is 6.09 Å². The van der Waals surface area contributed by atoms with E-state index in [4.69, 9.17) is 10.8 Å². The van der Waals surface area contributed by atoms with E-state index >= 15 is 0 Å². The molecule has 2 aliphatic rings. The van der Waals surface area contributed by atoms with Crippen molar-refractivity contribution in [3.63, 3.8) is 0 Å². The highest BCUT2D eigenvalue weighted by Gasteiger charge is 2.42. The number of rotatable bonds is 0. The maximum Gasteiger partial charge on any atom is 0.407 e. The van der Waals surface area contributed by atoms with Gasteiger partial charge in [-0.05, 0) is 25.7 Å². The number of hydrogen-bond donors (Lipinski definition) is 2. The van der Waals surface area contributed by atoms with Crippen LogP contribution in [0.5, 0.6) is 0 Å². The number of fused-ring (bicyclic) bond motifs is 2. The van der Waals surface area contributed by atoms with E-state index in [1.54, 1.807) is 4.90 Å². The maximum absolute atomic E-state index is 10.8. The Labute approximate surface area is 71.3 Å². The second-order valence-corrected chi connectivity index (χ2v) is 3.81. The summed E-state index contributed by atoms with van der Waals surface area (Å²) in [4.78, 5) is 12.4. The second-order valence-electron chi connectivity index (χ2n) is 3.81. The Kier molecular flexibility index (Phi) is 1.72. The molecule has 1 amide bonds. The number of hydrogen-bond acceptors (Lipinski definition) is 2. The van der Waals surface area contributed by atoms with Gasteiger partial charge in [-0.3, -0.25) is 0 Å². The van der Waals surface area contributed by atoms with Crippen molar-refractivity contribution in [3.05, 3.63) is 0 Å². The summed E-state index contributed by atoms with van der Waals surface area (Å²) in [5.41, 5.74) is 5.80. The third kappa shape index (κ3) is 1.06. The lowest BCUT2D eigenvalue weighted by Crippen LogP contribution is -2.49. The lowest BCUT2D eigenvalue weighted by atomic mass is 9.99. The van der Waals surface area contributed by atoms with E-state index in [0.717, 1.165) is 25.7 Å². The van der Waals surface area contributed by atoms with Gasteiger partial charge in [-0.1, -0.05) is 0 Å². The van der Waals surface area contributed by atoms with Crippen molar-refractivity contribution in [1.82, 2.24) is 4.90 Å². The fraction of sp³-hybridized carbons (Fsp3) is 0.875. The Balaban J connectivity index is 2.14. The van der Waals surface area contributed by atoms with Crippen molar-refractivity contribution in [2.75, 3.05) is 0 Å². The van der Waals surface area contributed by atoms with Crippen molar-refractivity contribution in [1.29, 1.82) is 0 Å². The van der Waals surface area contributed by atoms with E-state index < -0.39 is 6.09 Å². The zero-order valence-electron chi connectivity index (χ0n) is 6.94. The largest absolute Gasteiger partial charge is 0.465 e. The van der Waals surface area contributed by atoms with E-state index in [-0.39, 0.29) is 18.1 Å². The molecule has 0 aromatic heterocycles. The van der Waals surface area contributed by atoms with Crippen LogP contribution in [-0.2, 0) is 0 Å². The van der Waals surface area contributed by atoms with Gasteiger partial charge in [0, 0.05) is 18.1 Å². The van der Waals surface area contributed by atoms with E-state index in [1.807, 2.05) is 0 Å². The molecule has 3 atom stereocenters. The predicted octanol–water partition coefficient (Wildman–Crippen LogP) is 0.618. The number of carbonyl (C=O) groups is 1. The van der Waals surface area contributed by atoms with E-state index in [1.165, 1.54) is 0 Å². The van der Waals surface area contributed by atoms with Gasteiger partial charge in [-0.2, -0.15) is 0 Å². The first-order valence-corrected chi connectivity index (χ1v) is 4.45. The fourth-order valence-electron chi connectivity index (χ4n) is 2.53. The van der Waals surface area contributed by atoms with Gasteiger partial charge in [-0.25, -0.2) is 4.79 Å². The number of piperidine rings is 1. The molecule has 2 heterocycles. The van der Waals surface area contributed by atoms with Gasteiger partial charge >= 0.3 is 6.09 Å². The average molecular weight is 170 g/mol. The molecule has 0 spiro atoms. The van der Waals surface area contributed by atoms with Crippen LogP contribution in [0, 0.1) is 0 Å². The monoisotopic (exact) mass is 170 g/mol. The van der Waals surface area contributed by atoms with Crippen molar-refractivity contribution < 1.29 is 9.90 Å². The Hall–Kier alpha value is -0.770. The summed E-state index contributed by atoms with van der Waals surface area (Å²) in [6.45, 7) is 0. The number of nitrogens with two attached hydrogens (primary N) is 1.